The first kappa shape index (κ1) is 7.18. The van der Waals surface area contributed by atoms with Crippen molar-refractivity contribution in [3.8, 4) is 0 Å². The van der Waals surface area contributed by atoms with Crippen LogP contribution in [0.25, 0.3) is 0 Å². The Morgan fingerprint density at radius 2 is 2.00 bits per heavy atom. The van der Waals surface area contributed by atoms with Crippen LogP contribution in [0.15, 0.2) is 0 Å². The summed E-state index contributed by atoms with van der Waals surface area (Å²) in [6, 6.07) is 0. The van der Waals surface area contributed by atoms with Crippen molar-refractivity contribution in [2.24, 2.45) is 0 Å². The van der Waals surface area contributed by atoms with Crippen molar-refractivity contribution in [2.45, 2.75) is 32.2 Å². The second-order valence-corrected chi connectivity index (χ2v) is 4.91. The van der Waals surface area contributed by atoms with Crippen LogP contribution < -0.4 is 0 Å². The van der Waals surface area contributed by atoms with Crippen molar-refractivity contribution >= 4 is 9.76 Å². The molecule has 2 heteroatoms. The van der Waals surface area contributed by atoms with Gasteiger partial charge in [-0.1, -0.05) is 27.2 Å². The molecule has 1 nitrogen and oxygen atoms in total. The molecule has 1 N–H and O–H groups in total. The molecule has 0 bridgehead atoms. The van der Waals surface area contributed by atoms with E-state index < -0.39 is 9.76 Å². The first-order valence-electron chi connectivity index (χ1n) is 2.73. The summed E-state index contributed by atoms with van der Waals surface area (Å²) >= 11 is 0. The van der Waals surface area contributed by atoms with Gasteiger partial charge in [0.15, 0.2) is 9.76 Å². The maximum Gasteiger partial charge on any atom is 0.162 e. The van der Waals surface area contributed by atoms with Crippen LogP contribution in [-0.2, 0) is 0 Å². The van der Waals surface area contributed by atoms with Crippen molar-refractivity contribution in [2.75, 3.05) is 0 Å². The third-order valence-corrected chi connectivity index (χ3v) is 2.74. The molecule has 0 fully saturated rings. The van der Waals surface area contributed by atoms with Crippen molar-refractivity contribution in [1.82, 2.24) is 0 Å². The van der Waals surface area contributed by atoms with E-state index in [-0.39, 0.29) is 5.04 Å². The minimum absolute atomic E-state index is 0.278. The molecule has 0 saturated carbocycles. The van der Waals surface area contributed by atoms with Gasteiger partial charge in [0.25, 0.3) is 0 Å². The molecule has 0 atom stereocenters. The van der Waals surface area contributed by atoms with Gasteiger partial charge in [0.05, 0.1) is 0 Å². The third kappa shape index (κ3) is 2.82. The van der Waals surface area contributed by atoms with E-state index in [2.05, 4.69) is 20.8 Å². The number of rotatable bonds is 2. The lowest BCUT2D eigenvalue weighted by molar-refractivity contribution is 0.515. The molecule has 0 aliphatic carbocycles. The monoisotopic (exact) mass is 118 g/mol. The summed E-state index contributed by atoms with van der Waals surface area (Å²) in [6.45, 7) is 6.33. The minimum Gasteiger partial charge on any atom is -0.438 e. The van der Waals surface area contributed by atoms with Gasteiger partial charge in [0.2, 0.25) is 0 Å². The largest absolute Gasteiger partial charge is 0.438 e. The number of hydrogen-bond acceptors (Lipinski definition) is 1. The molecule has 0 aliphatic rings. The fourth-order valence-corrected chi connectivity index (χ4v) is 0.335. The van der Waals surface area contributed by atoms with E-state index >= 15 is 0 Å². The van der Waals surface area contributed by atoms with Crippen LogP contribution in [0.4, 0.5) is 0 Å². The molecule has 0 spiro atoms. The molecule has 0 saturated heterocycles. The molecule has 0 aromatic rings. The first-order chi connectivity index (χ1) is 3.12. The average molecular weight is 118 g/mol. The van der Waals surface area contributed by atoms with Gasteiger partial charge in [-0.15, -0.1) is 0 Å². The summed E-state index contributed by atoms with van der Waals surface area (Å²) in [5, 5.41) is 0.278. The van der Waals surface area contributed by atoms with E-state index in [1.54, 1.807) is 0 Å². The smallest absolute Gasteiger partial charge is 0.162 e. The Kier molecular flexibility index (Phi) is 2.54. The van der Waals surface area contributed by atoms with Crippen LogP contribution in [0, 0.1) is 0 Å². The predicted octanol–water partition coefficient (Wildman–Crippen LogP) is 0.671. The summed E-state index contributed by atoms with van der Waals surface area (Å²) in [6.07, 6.45) is 1.11. The highest BCUT2D eigenvalue weighted by Gasteiger charge is 2.12. The number of hydrogen-bond donors (Lipinski definition) is 1. The highest BCUT2D eigenvalue weighted by molar-refractivity contribution is 6.30. The second-order valence-electron chi connectivity index (χ2n) is 2.68. The van der Waals surface area contributed by atoms with E-state index in [9.17, 15) is 0 Å². The van der Waals surface area contributed by atoms with Crippen molar-refractivity contribution < 1.29 is 4.80 Å². The van der Waals surface area contributed by atoms with Crippen molar-refractivity contribution in [3.63, 3.8) is 0 Å². The summed E-state index contributed by atoms with van der Waals surface area (Å²) in [4.78, 5) is 8.73. The van der Waals surface area contributed by atoms with E-state index in [4.69, 9.17) is 4.80 Å². The maximum atomic E-state index is 8.73. The predicted molar refractivity (Wildman–Crippen MR) is 35.1 cm³/mol. The zero-order chi connectivity index (χ0) is 5.91. The van der Waals surface area contributed by atoms with Crippen LogP contribution in [0.3, 0.4) is 0 Å². The van der Waals surface area contributed by atoms with E-state index in [0.717, 1.165) is 6.42 Å². The SMILES string of the molecule is CCC(C)(C)[SiH2]O. The molecule has 7 heavy (non-hydrogen) atoms. The molecular formula is C5H14OSi. The van der Waals surface area contributed by atoms with Crippen LogP contribution in [-0.4, -0.2) is 14.6 Å². The Hall–Kier alpha value is 0.177. The average Bonchev–Trinajstić information content (AvgIpc) is 1.68. The van der Waals surface area contributed by atoms with Crippen molar-refractivity contribution in [1.29, 1.82) is 0 Å². The molecule has 0 heterocycles. The molecule has 44 valence electrons. The zero-order valence-corrected chi connectivity index (χ0v) is 6.78. The molecule has 0 aromatic heterocycles. The molecule has 0 rings (SSSR count). The molecule has 0 aliphatic heterocycles. The molecule has 0 unspecified atom stereocenters. The molecule has 0 aromatic carbocycles. The third-order valence-electron chi connectivity index (χ3n) is 1.39. The van der Waals surface area contributed by atoms with E-state index in [0.29, 0.717) is 0 Å². The summed E-state index contributed by atoms with van der Waals surface area (Å²) in [5.41, 5.74) is 0. The lowest BCUT2D eigenvalue weighted by Crippen LogP contribution is -2.09. The Labute approximate surface area is 47.7 Å². The van der Waals surface area contributed by atoms with Gasteiger partial charge in [-0.25, -0.2) is 0 Å². The van der Waals surface area contributed by atoms with Crippen LogP contribution in [0.2, 0.25) is 5.04 Å². The van der Waals surface area contributed by atoms with Crippen molar-refractivity contribution in [3.05, 3.63) is 0 Å². The molecule has 0 amide bonds. The minimum atomic E-state index is -0.758. The fourth-order valence-electron chi connectivity index (χ4n) is 0.112. The standard InChI is InChI=1S/C5H14OSi/c1-4-5(2,3)7-6/h6H,4,7H2,1-3H3. The van der Waals surface area contributed by atoms with Gasteiger partial charge in [0.1, 0.15) is 0 Å². The maximum absolute atomic E-state index is 8.73. The van der Waals surface area contributed by atoms with Crippen LogP contribution >= 0.6 is 0 Å². The van der Waals surface area contributed by atoms with Gasteiger partial charge >= 0.3 is 0 Å². The van der Waals surface area contributed by atoms with Gasteiger partial charge in [-0.3, -0.25) is 0 Å². The van der Waals surface area contributed by atoms with Gasteiger partial charge in [0, 0.05) is 0 Å². The highest BCUT2D eigenvalue weighted by atomic mass is 28.2. The zero-order valence-electron chi connectivity index (χ0n) is 5.36. The summed E-state index contributed by atoms with van der Waals surface area (Å²) in [7, 11) is -0.758. The van der Waals surface area contributed by atoms with E-state index in [1.807, 2.05) is 0 Å². The van der Waals surface area contributed by atoms with Gasteiger partial charge in [-0.2, -0.15) is 0 Å². The molecule has 0 radical (unpaired) electrons. The lowest BCUT2D eigenvalue weighted by Gasteiger charge is -2.16. The summed E-state index contributed by atoms with van der Waals surface area (Å²) in [5.74, 6) is 0. The van der Waals surface area contributed by atoms with E-state index in [1.165, 1.54) is 0 Å². The topological polar surface area (TPSA) is 20.2 Å². The first-order valence-corrected chi connectivity index (χ1v) is 4.07. The summed E-state index contributed by atoms with van der Waals surface area (Å²) < 4.78 is 0. The fraction of sp³-hybridized carbons (Fsp3) is 1.00. The molecular weight excluding hydrogens is 104 g/mol. The second kappa shape index (κ2) is 2.48. The van der Waals surface area contributed by atoms with Crippen LogP contribution in [0.5, 0.6) is 0 Å². The normalized spacial score (nSPS) is 13.7. The Morgan fingerprint density at radius 1 is 1.57 bits per heavy atom. The van der Waals surface area contributed by atoms with Gasteiger partial charge < -0.3 is 4.80 Å². The van der Waals surface area contributed by atoms with Crippen LogP contribution in [0.1, 0.15) is 27.2 Å². The Morgan fingerprint density at radius 3 is 2.00 bits per heavy atom. The Bertz CT molecular complexity index is 46.0. The lowest BCUT2D eigenvalue weighted by atomic mass is 10.1. The Balaban J connectivity index is 3.36. The van der Waals surface area contributed by atoms with Gasteiger partial charge in [-0.05, 0) is 5.04 Å². The quantitative estimate of drug-likeness (QED) is 0.528. The highest BCUT2D eigenvalue weighted by Crippen LogP contribution is 2.24.